The Morgan fingerprint density at radius 2 is 1.79 bits per heavy atom. The van der Waals surface area contributed by atoms with Crippen LogP contribution in [-0.4, -0.2) is 77.5 Å². The van der Waals surface area contributed by atoms with Crippen molar-refractivity contribution >= 4 is 61.5 Å². The third kappa shape index (κ3) is 6.03. The number of likely N-dealkylation sites (tertiary alicyclic amines) is 1. The SMILES string of the molecule is O=C(CCN1CCCCC1)Nc1cccc(Nc2ncc3ccc4sc(C(=O)N5CCOCC5)cc4c3n2)c1. The summed E-state index contributed by atoms with van der Waals surface area (Å²) in [7, 11) is 0. The number of carbonyl (C=O) groups is 2. The molecule has 0 bridgehead atoms. The van der Waals surface area contributed by atoms with E-state index in [4.69, 9.17) is 9.72 Å². The highest BCUT2D eigenvalue weighted by molar-refractivity contribution is 7.21. The van der Waals surface area contributed by atoms with Gasteiger partial charge in [-0.1, -0.05) is 12.5 Å². The summed E-state index contributed by atoms with van der Waals surface area (Å²) in [5.74, 6) is 0.507. The predicted molar refractivity (Wildman–Crippen MR) is 155 cm³/mol. The van der Waals surface area contributed by atoms with Crippen molar-refractivity contribution in [3.63, 3.8) is 0 Å². The number of fused-ring (bicyclic) bond motifs is 3. The van der Waals surface area contributed by atoms with Gasteiger partial charge in [-0.05, 0) is 62.3 Å². The molecular formula is C29H32N6O3S. The number of thiophene rings is 1. The van der Waals surface area contributed by atoms with E-state index in [2.05, 4.69) is 20.5 Å². The molecule has 2 aliphatic heterocycles. The Hall–Kier alpha value is -3.60. The van der Waals surface area contributed by atoms with E-state index < -0.39 is 0 Å². The quantitative estimate of drug-likeness (QED) is 0.342. The van der Waals surface area contributed by atoms with Crippen LogP contribution in [0.15, 0.2) is 48.7 Å². The van der Waals surface area contributed by atoms with Crippen LogP contribution < -0.4 is 10.6 Å². The number of ether oxygens (including phenoxy) is 1. The molecule has 0 radical (unpaired) electrons. The van der Waals surface area contributed by atoms with Gasteiger partial charge in [0.2, 0.25) is 11.9 Å². The van der Waals surface area contributed by atoms with E-state index in [1.165, 1.54) is 30.6 Å². The highest BCUT2D eigenvalue weighted by atomic mass is 32.1. The fourth-order valence-corrected chi connectivity index (χ4v) is 6.20. The number of nitrogens with one attached hydrogen (secondary N) is 2. The largest absolute Gasteiger partial charge is 0.378 e. The van der Waals surface area contributed by atoms with Crippen LogP contribution in [-0.2, 0) is 9.53 Å². The summed E-state index contributed by atoms with van der Waals surface area (Å²) in [5.41, 5.74) is 2.31. The van der Waals surface area contributed by atoms with Gasteiger partial charge in [-0.15, -0.1) is 11.3 Å². The van der Waals surface area contributed by atoms with E-state index in [9.17, 15) is 9.59 Å². The third-order valence-electron chi connectivity index (χ3n) is 7.26. The van der Waals surface area contributed by atoms with Crippen molar-refractivity contribution in [3.8, 4) is 0 Å². The first-order chi connectivity index (χ1) is 19.1. The highest BCUT2D eigenvalue weighted by Crippen LogP contribution is 2.32. The van der Waals surface area contributed by atoms with Crippen molar-refractivity contribution in [2.45, 2.75) is 25.7 Å². The smallest absolute Gasteiger partial charge is 0.264 e. The second-order valence-corrected chi connectivity index (χ2v) is 11.1. The number of nitrogens with zero attached hydrogens (tertiary/aromatic N) is 4. The van der Waals surface area contributed by atoms with Gasteiger partial charge in [-0.25, -0.2) is 9.97 Å². The summed E-state index contributed by atoms with van der Waals surface area (Å²) < 4.78 is 6.40. The summed E-state index contributed by atoms with van der Waals surface area (Å²) >= 11 is 1.49. The van der Waals surface area contributed by atoms with Gasteiger partial charge in [-0.2, -0.15) is 0 Å². The van der Waals surface area contributed by atoms with E-state index in [1.807, 2.05) is 47.4 Å². The van der Waals surface area contributed by atoms with Crippen LogP contribution in [0.1, 0.15) is 35.4 Å². The van der Waals surface area contributed by atoms with Crippen molar-refractivity contribution in [2.24, 2.45) is 0 Å². The normalized spacial score (nSPS) is 16.5. The number of morpholine rings is 1. The molecule has 0 saturated carbocycles. The molecule has 2 aliphatic rings. The first-order valence-electron chi connectivity index (χ1n) is 13.6. The number of aromatic nitrogens is 2. The lowest BCUT2D eigenvalue weighted by Gasteiger charge is -2.26. The number of piperidine rings is 1. The van der Waals surface area contributed by atoms with Crippen LogP contribution in [0.5, 0.6) is 0 Å². The molecule has 39 heavy (non-hydrogen) atoms. The molecule has 2 fully saturated rings. The lowest BCUT2D eigenvalue weighted by Crippen LogP contribution is -2.40. The fourth-order valence-electron chi connectivity index (χ4n) is 5.17. The molecule has 2 saturated heterocycles. The van der Waals surface area contributed by atoms with Crippen molar-refractivity contribution < 1.29 is 14.3 Å². The Morgan fingerprint density at radius 1 is 0.974 bits per heavy atom. The highest BCUT2D eigenvalue weighted by Gasteiger charge is 2.21. The van der Waals surface area contributed by atoms with E-state index in [-0.39, 0.29) is 11.8 Å². The minimum Gasteiger partial charge on any atom is -0.378 e. The number of hydrogen-bond acceptors (Lipinski definition) is 8. The molecule has 0 atom stereocenters. The van der Waals surface area contributed by atoms with Gasteiger partial charge in [-0.3, -0.25) is 9.59 Å². The second-order valence-electron chi connectivity index (χ2n) is 10.0. The zero-order valence-electron chi connectivity index (χ0n) is 21.8. The topological polar surface area (TPSA) is 99.7 Å². The zero-order valence-corrected chi connectivity index (χ0v) is 22.6. The summed E-state index contributed by atoms with van der Waals surface area (Å²) in [6.07, 6.45) is 6.00. The number of anilines is 3. The van der Waals surface area contributed by atoms with E-state index >= 15 is 0 Å². The maximum Gasteiger partial charge on any atom is 0.264 e. The number of hydrogen-bond donors (Lipinski definition) is 2. The minimum atomic E-state index is 0.0157. The van der Waals surface area contributed by atoms with Gasteiger partial charge < -0.3 is 25.2 Å². The standard InChI is InChI=1S/C29H32N6O3S/c36-26(9-12-34-10-2-1-3-11-34)31-21-5-4-6-22(17-21)32-29-30-19-20-7-8-24-23(27(20)33-29)18-25(39-24)28(37)35-13-15-38-16-14-35/h4-8,17-19H,1-3,9-16H2,(H,31,36)(H,30,32,33). The average molecular weight is 545 g/mol. The summed E-state index contributed by atoms with van der Waals surface area (Å²) in [5, 5.41) is 8.13. The number of rotatable bonds is 7. The molecule has 0 unspecified atom stereocenters. The van der Waals surface area contributed by atoms with E-state index in [0.717, 1.165) is 52.0 Å². The Labute approximate surface area is 231 Å². The Morgan fingerprint density at radius 3 is 2.64 bits per heavy atom. The van der Waals surface area contributed by atoms with Crippen LogP contribution in [0.2, 0.25) is 0 Å². The van der Waals surface area contributed by atoms with Crippen molar-refractivity contribution in [3.05, 3.63) is 53.5 Å². The fraction of sp³-hybridized carbons (Fsp3) is 0.379. The van der Waals surface area contributed by atoms with Crippen LogP contribution in [0.4, 0.5) is 17.3 Å². The van der Waals surface area contributed by atoms with Gasteiger partial charge in [0.15, 0.2) is 0 Å². The maximum atomic E-state index is 13.0. The molecule has 0 aliphatic carbocycles. The molecule has 4 aromatic rings. The summed E-state index contributed by atoms with van der Waals surface area (Å²) in [4.78, 5) is 39.8. The third-order valence-corrected chi connectivity index (χ3v) is 8.35. The molecule has 202 valence electrons. The maximum absolute atomic E-state index is 13.0. The second kappa shape index (κ2) is 11.6. The van der Waals surface area contributed by atoms with E-state index in [0.29, 0.717) is 43.5 Å². The number of amides is 2. The van der Waals surface area contributed by atoms with Crippen LogP contribution in [0, 0.1) is 0 Å². The first kappa shape index (κ1) is 25.7. The number of carbonyl (C=O) groups excluding carboxylic acids is 2. The molecule has 2 aromatic heterocycles. The lowest BCUT2D eigenvalue weighted by atomic mass is 10.1. The molecule has 2 amide bonds. The molecule has 0 spiro atoms. The van der Waals surface area contributed by atoms with E-state index in [1.54, 1.807) is 6.20 Å². The molecule has 4 heterocycles. The van der Waals surface area contributed by atoms with Crippen molar-refractivity contribution in [2.75, 3.05) is 56.6 Å². The monoisotopic (exact) mass is 544 g/mol. The van der Waals surface area contributed by atoms with Crippen LogP contribution in [0.3, 0.4) is 0 Å². The zero-order chi connectivity index (χ0) is 26.6. The lowest BCUT2D eigenvalue weighted by molar-refractivity contribution is -0.116. The first-order valence-corrected chi connectivity index (χ1v) is 14.4. The molecule has 2 N–H and O–H groups in total. The average Bonchev–Trinajstić information content (AvgIpc) is 3.42. The van der Waals surface area contributed by atoms with Gasteiger partial charge in [0.1, 0.15) is 0 Å². The Balaban J connectivity index is 1.16. The summed E-state index contributed by atoms with van der Waals surface area (Å²) in [6.45, 7) is 5.34. The van der Waals surface area contributed by atoms with Gasteiger partial charge in [0, 0.05) is 59.1 Å². The Kier molecular flexibility index (Phi) is 7.67. The summed E-state index contributed by atoms with van der Waals surface area (Å²) in [6, 6.07) is 13.5. The molecule has 9 nitrogen and oxygen atoms in total. The van der Waals surface area contributed by atoms with Crippen LogP contribution >= 0.6 is 11.3 Å². The predicted octanol–water partition coefficient (Wildman–Crippen LogP) is 4.88. The molecule has 6 rings (SSSR count). The molecule has 2 aromatic carbocycles. The van der Waals surface area contributed by atoms with Gasteiger partial charge >= 0.3 is 0 Å². The minimum absolute atomic E-state index is 0.0157. The van der Waals surface area contributed by atoms with Crippen LogP contribution in [0.25, 0.3) is 21.0 Å². The molecule has 10 heteroatoms. The van der Waals surface area contributed by atoms with Gasteiger partial charge in [0.05, 0.1) is 23.6 Å². The number of benzene rings is 2. The Bertz CT molecular complexity index is 1490. The van der Waals surface area contributed by atoms with Gasteiger partial charge in [0.25, 0.3) is 5.91 Å². The van der Waals surface area contributed by atoms with Crippen molar-refractivity contribution in [1.82, 2.24) is 19.8 Å². The molecular weight excluding hydrogens is 512 g/mol. The van der Waals surface area contributed by atoms with Crippen molar-refractivity contribution in [1.29, 1.82) is 0 Å².